The van der Waals surface area contributed by atoms with Gasteiger partial charge in [0.25, 0.3) is 0 Å². The second-order valence-corrected chi connectivity index (χ2v) is 7.81. The molecule has 1 aromatic heterocycles. The van der Waals surface area contributed by atoms with Gasteiger partial charge in [0.1, 0.15) is 0 Å². The lowest BCUT2D eigenvalue weighted by Gasteiger charge is -2.39. The number of piperidine rings is 1. The van der Waals surface area contributed by atoms with E-state index in [1.165, 1.54) is 35.0 Å². The van der Waals surface area contributed by atoms with Crippen LogP contribution in [0.25, 0.3) is 0 Å². The van der Waals surface area contributed by atoms with E-state index in [0.717, 1.165) is 18.5 Å². The van der Waals surface area contributed by atoms with Gasteiger partial charge in [0.2, 0.25) is 0 Å². The number of hydrazine groups is 1. The lowest BCUT2D eigenvalue weighted by molar-refractivity contribution is 0.112. The lowest BCUT2D eigenvalue weighted by atomic mass is 9.84. The molecule has 5 heteroatoms. The van der Waals surface area contributed by atoms with Gasteiger partial charge in [-0.25, -0.2) is 0 Å². The van der Waals surface area contributed by atoms with Crippen molar-refractivity contribution in [3.63, 3.8) is 0 Å². The van der Waals surface area contributed by atoms with E-state index in [0.29, 0.717) is 12.0 Å². The van der Waals surface area contributed by atoms with E-state index in [9.17, 15) is 0 Å². The van der Waals surface area contributed by atoms with E-state index in [4.69, 9.17) is 5.84 Å². The van der Waals surface area contributed by atoms with Crippen molar-refractivity contribution < 1.29 is 0 Å². The van der Waals surface area contributed by atoms with Gasteiger partial charge < -0.3 is 4.90 Å². The number of rotatable bonds is 4. The highest BCUT2D eigenvalue weighted by atomic mass is 79.9. The van der Waals surface area contributed by atoms with Crippen molar-refractivity contribution in [2.75, 3.05) is 7.05 Å². The van der Waals surface area contributed by atoms with Crippen molar-refractivity contribution in [2.45, 2.75) is 50.2 Å². The number of hydrogen-bond donors (Lipinski definition) is 2. The Kier molecular flexibility index (Phi) is 4.29. The van der Waals surface area contributed by atoms with Gasteiger partial charge in [0, 0.05) is 27.5 Å². The second kappa shape index (κ2) is 5.82. The third kappa shape index (κ3) is 2.76. The van der Waals surface area contributed by atoms with Crippen LogP contribution in [0, 0.1) is 5.92 Å². The van der Waals surface area contributed by atoms with Crippen LogP contribution >= 0.6 is 27.3 Å². The summed E-state index contributed by atoms with van der Waals surface area (Å²) in [6, 6.07) is 4.11. The number of nitrogens with zero attached hydrogens (tertiary/aromatic N) is 1. The predicted octanol–water partition coefficient (Wildman–Crippen LogP) is 2.76. The van der Waals surface area contributed by atoms with E-state index in [1.807, 2.05) is 11.3 Å². The molecule has 3 N–H and O–H groups in total. The maximum atomic E-state index is 5.84. The third-order valence-corrected chi connectivity index (χ3v) is 6.96. The SMILES string of the molecule is CN1C2CCC1CC(C(Cc1sccc1Br)NN)C2. The Balaban J connectivity index is 1.68. The molecule has 3 rings (SSSR count). The first-order valence-electron chi connectivity index (χ1n) is 7.09. The van der Waals surface area contributed by atoms with Gasteiger partial charge in [-0.1, -0.05) is 0 Å². The molecule has 2 aliphatic heterocycles. The molecule has 0 spiro atoms. The van der Waals surface area contributed by atoms with Crippen LogP contribution in [0.4, 0.5) is 0 Å². The molecule has 106 valence electrons. The van der Waals surface area contributed by atoms with Crippen molar-refractivity contribution in [1.29, 1.82) is 0 Å². The molecule has 3 atom stereocenters. The number of fused-ring (bicyclic) bond motifs is 2. The highest BCUT2D eigenvalue weighted by Crippen LogP contribution is 2.39. The summed E-state index contributed by atoms with van der Waals surface area (Å²) in [5.41, 5.74) is 3.09. The average molecular weight is 344 g/mol. The quantitative estimate of drug-likeness (QED) is 0.652. The minimum Gasteiger partial charge on any atom is -0.300 e. The minimum atomic E-state index is 0.409. The van der Waals surface area contributed by atoms with Gasteiger partial charge in [0.15, 0.2) is 0 Å². The van der Waals surface area contributed by atoms with Crippen LogP contribution in [-0.2, 0) is 6.42 Å². The monoisotopic (exact) mass is 343 g/mol. The third-order valence-electron chi connectivity index (χ3n) is 5.01. The molecule has 19 heavy (non-hydrogen) atoms. The molecule has 0 amide bonds. The highest BCUT2D eigenvalue weighted by Gasteiger charge is 2.40. The van der Waals surface area contributed by atoms with Gasteiger partial charge in [0.05, 0.1) is 0 Å². The van der Waals surface area contributed by atoms with Crippen LogP contribution in [0.3, 0.4) is 0 Å². The standard InChI is InChI=1S/C14H22BrN3S/c1-18-10-2-3-11(18)7-9(6-10)13(17-16)8-14-12(15)4-5-19-14/h4-5,9-11,13,17H,2-3,6-8,16H2,1H3. The summed E-state index contributed by atoms with van der Waals surface area (Å²) in [5, 5.41) is 2.14. The Labute approximate surface area is 127 Å². The number of hydrogen-bond acceptors (Lipinski definition) is 4. The van der Waals surface area contributed by atoms with Crippen LogP contribution in [-0.4, -0.2) is 30.1 Å². The summed E-state index contributed by atoms with van der Waals surface area (Å²) in [6.45, 7) is 0. The van der Waals surface area contributed by atoms with E-state index in [-0.39, 0.29) is 0 Å². The zero-order valence-electron chi connectivity index (χ0n) is 11.3. The average Bonchev–Trinajstić information content (AvgIpc) is 2.87. The van der Waals surface area contributed by atoms with E-state index >= 15 is 0 Å². The van der Waals surface area contributed by atoms with E-state index in [2.05, 4.69) is 44.7 Å². The van der Waals surface area contributed by atoms with Gasteiger partial charge in [-0.15, -0.1) is 11.3 Å². The lowest BCUT2D eigenvalue weighted by Crippen LogP contribution is -2.49. The molecule has 2 aliphatic rings. The molecule has 2 bridgehead atoms. The summed E-state index contributed by atoms with van der Waals surface area (Å²) in [7, 11) is 2.29. The van der Waals surface area contributed by atoms with Crippen molar-refractivity contribution >= 4 is 27.3 Å². The molecule has 0 radical (unpaired) electrons. The minimum absolute atomic E-state index is 0.409. The summed E-state index contributed by atoms with van der Waals surface area (Å²) >= 11 is 5.45. The maximum Gasteiger partial charge on any atom is 0.0314 e. The Bertz CT molecular complexity index is 422. The fourth-order valence-corrected chi connectivity index (χ4v) is 5.39. The number of nitrogens with two attached hydrogens (primary N) is 1. The van der Waals surface area contributed by atoms with Crippen LogP contribution in [0.1, 0.15) is 30.6 Å². The Morgan fingerprint density at radius 2 is 2.16 bits per heavy atom. The van der Waals surface area contributed by atoms with Crippen LogP contribution in [0.15, 0.2) is 15.9 Å². The van der Waals surface area contributed by atoms with E-state index < -0.39 is 0 Å². The smallest absolute Gasteiger partial charge is 0.0314 e. The fourth-order valence-electron chi connectivity index (χ4n) is 3.81. The van der Waals surface area contributed by atoms with Crippen molar-refractivity contribution in [2.24, 2.45) is 11.8 Å². The largest absolute Gasteiger partial charge is 0.300 e. The van der Waals surface area contributed by atoms with Crippen molar-refractivity contribution in [3.8, 4) is 0 Å². The molecule has 1 aromatic rings. The molecule has 0 aliphatic carbocycles. The molecule has 3 unspecified atom stereocenters. The molecule has 2 fully saturated rings. The normalized spacial score (nSPS) is 32.7. The zero-order chi connectivity index (χ0) is 13.4. The topological polar surface area (TPSA) is 41.3 Å². The highest BCUT2D eigenvalue weighted by molar-refractivity contribution is 9.10. The summed E-state index contributed by atoms with van der Waals surface area (Å²) < 4.78 is 1.23. The molecular weight excluding hydrogens is 322 g/mol. The number of thiophene rings is 1. The molecule has 3 nitrogen and oxygen atoms in total. The summed E-state index contributed by atoms with van der Waals surface area (Å²) in [4.78, 5) is 4.00. The van der Waals surface area contributed by atoms with E-state index in [1.54, 1.807) is 0 Å². The predicted molar refractivity (Wildman–Crippen MR) is 84.1 cm³/mol. The van der Waals surface area contributed by atoms with Gasteiger partial charge in [-0.2, -0.15) is 0 Å². The second-order valence-electron chi connectivity index (χ2n) is 5.95. The number of halogens is 1. The van der Waals surface area contributed by atoms with Crippen LogP contribution < -0.4 is 11.3 Å². The van der Waals surface area contributed by atoms with Crippen LogP contribution in [0.5, 0.6) is 0 Å². The first kappa shape index (κ1) is 14.0. The van der Waals surface area contributed by atoms with Gasteiger partial charge >= 0.3 is 0 Å². The van der Waals surface area contributed by atoms with Gasteiger partial charge in [-0.05, 0) is 72.4 Å². The Morgan fingerprint density at radius 3 is 2.68 bits per heavy atom. The van der Waals surface area contributed by atoms with Crippen LogP contribution in [0.2, 0.25) is 0 Å². The molecule has 0 aromatic carbocycles. The molecule has 0 saturated carbocycles. The summed E-state index contributed by atoms with van der Waals surface area (Å²) in [6.07, 6.45) is 6.38. The van der Waals surface area contributed by atoms with Crippen molar-refractivity contribution in [1.82, 2.24) is 10.3 Å². The first-order chi connectivity index (χ1) is 9.19. The fraction of sp³-hybridized carbons (Fsp3) is 0.714. The van der Waals surface area contributed by atoms with Gasteiger partial charge in [-0.3, -0.25) is 11.3 Å². The molecule has 2 saturated heterocycles. The molecule has 3 heterocycles. The summed E-state index contributed by atoms with van der Waals surface area (Å²) in [5.74, 6) is 6.56. The molecular formula is C14H22BrN3S. The number of nitrogens with one attached hydrogen (secondary N) is 1. The van der Waals surface area contributed by atoms with Crippen molar-refractivity contribution in [3.05, 3.63) is 20.8 Å². The Hall–Kier alpha value is 0.0600. The Morgan fingerprint density at radius 1 is 1.47 bits per heavy atom. The zero-order valence-corrected chi connectivity index (χ0v) is 13.7. The first-order valence-corrected chi connectivity index (χ1v) is 8.76. The maximum absolute atomic E-state index is 5.84.